The maximum Gasteiger partial charge on any atom is 0.417 e. The van der Waals surface area contributed by atoms with Crippen LogP contribution in [0, 0.1) is 20.8 Å². The number of carbonyl (C=O) groups excluding carboxylic acids is 2. The van der Waals surface area contributed by atoms with E-state index in [1.165, 1.54) is 6.21 Å². The molecular formula is C23H19Cl2F3N4O2. The number of hydrogen-bond acceptors (Lipinski definition) is 3. The number of rotatable bonds is 4. The molecule has 0 atom stereocenters. The Balaban J connectivity index is 1.69. The molecule has 1 aromatic heterocycles. The van der Waals surface area contributed by atoms with Crippen LogP contribution in [0.25, 0.3) is 5.69 Å². The van der Waals surface area contributed by atoms with E-state index in [4.69, 9.17) is 23.2 Å². The van der Waals surface area contributed by atoms with Crippen molar-refractivity contribution in [2.45, 2.75) is 26.9 Å². The third-order valence-electron chi connectivity index (χ3n) is 4.99. The van der Waals surface area contributed by atoms with Crippen molar-refractivity contribution in [1.82, 2.24) is 9.99 Å². The number of halogens is 5. The van der Waals surface area contributed by atoms with Gasteiger partial charge in [0.15, 0.2) is 0 Å². The van der Waals surface area contributed by atoms with Crippen molar-refractivity contribution < 1.29 is 22.8 Å². The summed E-state index contributed by atoms with van der Waals surface area (Å²) in [5.74, 6) is -2.34. The number of hydrazone groups is 1. The van der Waals surface area contributed by atoms with E-state index in [2.05, 4.69) is 15.8 Å². The molecule has 0 saturated heterocycles. The second-order valence-corrected chi connectivity index (χ2v) is 8.26. The van der Waals surface area contributed by atoms with Crippen LogP contribution in [0.2, 0.25) is 10.0 Å². The topological polar surface area (TPSA) is 75.5 Å². The number of benzene rings is 2. The summed E-state index contributed by atoms with van der Waals surface area (Å²) in [7, 11) is 0. The van der Waals surface area contributed by atoms with Crippen molar-refractivity contribution in [3.05, 3.63) is 80.6 Å². The molecule has 0 aliphatic heterocycles. The quantitative estimate of drug-likeness (QED) is 0.263. The van der Waals surface area contributed by atoms with Crippen molar-refractivity contribution in [3.8, 4) is 5.69 Å². The van der Waals surface area contributed by atoms with Gasteiger partial charge in [0.2, 0.25) is 0 Å². The number of carbonyl (C=O) groups is 2. The van der Waals surface area contributed by atoms with Crippen LogP contribution in [0.3, 0.4) is 0 Å². The lowest BCUT2D eigenvalue weighted by molar-refractivity contribution is -0.137. The van der Waals surface area contributed by atoms with Gasteiger partial charge in [0.1, 0.15) is 0 Å². The number of amides is 2. The maximum atomic E-state index is 13.0. The first-order valence-electron chi connectivity index (χ1n) is 9.85. The molecular weight excluding hydrogens is 492 g/mol. The van der Waals surface area contributed by atoms with E-state index in [1.54, 1.807) is 0 Å². The number of hydrogen-bond donors (Lipinski definition) is 2. The number of nitrogens with zero attached hydrogens (tertiary/aromatic N) is 2. The SMILES string of the molecule is Cc1ccc(-n2c(C)cc(/C=N\NC(=O)C(=O)Nc3ccc(Cl)c(C(F)(F)F)c3)c2C)cc1Cl. The summed E-state index contributed by atoms with van der Waals surface area (Å²) in [4.78, 5) is 24.1. The van der Waals surface area contributed by atoms with Gasteiger partial charge in [-0.2, -0.15) is 18.3 Å². The molecule has 0 aliphatic rings. The van der Waals surface area contributed by atoms with Gasteiger partial charge in [0.25, 0.3) is 0 Å². The molecule has 0 fully saturated rings. The zero-order valence-electron chi connectivity index (χ0n) is 18.2. The molecule has 0 saturated carbocycles. The van der Waals surface area contributed by atoms with E-state index >= 15 is 0 Å². The fraction of sp³-hybridized carbons (Fsp3) is 0.174. The van der Waals surface area contributed by atoms with Crippen molar-refractivity contribution in [2.24, 2.45) is 5.10 Å². The Hall–Kier alpha value is -3.30. The first-order valence-corrected chi connectivity index (χ1v) is 10.6. The highest BCUT2D eigenvalue weighted by atomic mass is 35.5. The normalized spacial score (nSPS) is 11.6. The summed E-state index contributed by atoms with van der Waals surface area (Å²) < 4.78 is 40.8. The Kier molecular flexibility index (Phi) is 7.38. The zero-order chi connectivity index (χ0) is 25.2. The molecule has 34 heavy (non-hydrogen) atoms. The van der Waals surface area contributed by atoms with Crippen LogP contribution in [0.4, 0.5) is 18.9 Å². The van der Waals surface area contributed by atoms with Crippen LogP contribution in [0.1, 0.15) is 28.1 Å². The first-order chi connectivity index (χ1) is 15.9. The standard InChI is InChI=1S/C23H19Cl2F3N4O2/c1-12-4-6-17(10-20(12)25)32-13(2)8-15(14(32)3)11-29-31-22(34)21(33)30-16-5-7-19(24)18(9-16)23(26,27)28/h4-11H,1-3H3,(H,30,33)(H,31,34)/b29-11-. The number of alkyl halides is 3. The highest BCUT2D eigenvalue weighted by Crippen LogP contribution is 2.36. The van der Waals surface area contributed by atoms with Crippen molar-refractivity contribution in [1.29, 1.82) is 0 Å². The minimum absolute atomic E-state index is 0.235. The van der Waals surface area contributed by atoms with Gasteiger partial charge in [-0.15, -0.1) is 0 Å². The molecule has 0 spiro atoms. The molecule has 2 amide bonds. The van der Waals surface area contributed by atoms with Crippen LogP contribution in [0.5, 0.6) is 0 Å². The van der Waals surface area contributed by atoms with E-state index in [1.807, 2.05) is 49.6 Å². The predicted octanol–water partition coefficient (Wildman–Crippen LogP) is 5.82. The minimum atomic E-state index is -4.71. The van der Waals surface area contributed by atoms with Gasteiger partial charge in [-0.1, -0.05) is 29.3 Å². The Morgan fingerprint density at radius 2 is 1.68 bits per heavy atom. The average molecular weight is 511 g/mol. The van der Waals surface area contributed by atoms with E-state index in [9.17, 15) is 22.8 Å². The molecule has 3 rings (SSSR count). The molecule has 3 aromatic rings. The van der Waals surface area contributed by atoms with E-state index in [-0.39, 0.29) is 5.69 Å². The Morgan fingerprint density at radius 1 is 0.971 bits per heavy atom. The van der Waals surface area contributed by atoms with Gasteiger partial charge in [0, 0.05) is 33.3 Å². The van der Waals surface area contributed by atoms with Crippen molar-refractivity contribution in [2.75, 3.05) is 5.32 Å². The van der Waals surface area contributed by atoms with Crippen LogP contribution in [0.15, 0.2) is 47.6 Å². The number of aryl methyl sites for hydroxylation is 2. The lowest BCUT2D eigenvalue weighted by Gasteiger charge is -2.11. The van der Waals surface area contributed by atoms with Gasteiger partial charge in [0.05, 0.1) is 16.8 Å². The lowest BCUT2D eigenvalue weighted by atomic mass is 10.2. The summed E-state index contributed by atoms with van der Waals surface area (Å²) in [5.41, 5.74) is 4.90. The van der Waals surface area contributed by atoms with Gasteiger partial charge < -0.3 is 9.88 Å². The fourth-order valence-corrected chi connectivity index (χ4v) is 3.66. The maximum absolute atomic E-state index is 13.0. The van der Waals surface area contributed by atoms with Crippen molar-refractivity contribution in [3.63, 3.8) is 0 Å². The molecule has 0 unspecified atom stereocenters. The highest BCUT2D eigenvalue weighted by molar-refractivity contribution is 6.39. The predicted molar refractivity (Wildman–Crippen MR) is 126 cm³/mol. The van der Waals surface area contributed by atoms with Crippen LogP contribution in [-0.4, -0.2) is 22.6 Å². The molecule has 0 radical (unpaired) electrons. The second kappa shape index (κ2) is 9.90. The Morgan fingerprint density at radius 3 is 2.32 bits per heavy atom. The van der Waals surface area contributed by atoms with Gasteiger partial charge in [-0.25, -0.2) is 5.43 Å². The smallest absolute Gasteiger partial charge is 0.318 e. The largest absolute Gasteiger partial charge is 0.417 e. The van der Waals surface area contributed by atoms with E-state index in [0.717, 1.165) is 34.8 Å². The molecule has 178 valence electrons. The van der Waals surface area contributed by atoms with Gasteiger partial charge in [-0.3, -0.25) is 9.59 Å². The van der Waals surface area contributed by atoms with Crippen molar-refractivity contribution >= 4 is 46.9 Å². The third-order valence-corrected chi connectivity index (χ3v) is 5.73. The van der Waals surface area contributed by atoms with Crippen LogP contribution >= 0.6 is 23.2 Å². The number of anilines is 1. The third kappa shape index (κ3) is 5.60. The Labute approximate surface area is 203 Å². The molecule has 0 aliphatic carbocycles. The van der Waals surface area contributed by atoms with Crippen LogP contribution in [-0.2, 0) is 15.8 Å². The summed E-state index contributed by atoms with van der Waals surface area (Å²) in [6.45, 7) is 5.65. The molecule has 2 aromatic carbocycles. The minimum Gasteiger partial charge on any atom is -0.318 e. The first kappa shape index (κ1) is 25.3. The molecule has 6 nitrogen and oxygen atoms in total. The molecule has 0 bridgehead atoms. The van der Waals surface area contributed by atoms with E-state index in [0.29, 0.717) is 16.7 Å². The Bertz CT molecular complexity index is 1300. The summed E-state index contributed by atoms with van der Waals surface area (Å²) in [6.07, 6.45) is -3.34. The van der Waals surface area contributed by atoms with Crippen LogP contribution < -0.4 is 10.7 Å². The van der Waals surface area contributed by atoms with Gasteiger partial charge >= 0.3 is 18.0 Å². The fourth-order valence-electron chi connectivity index (χ4n) is 3.26. The molecule has 11 heteroatoms. The molecule has 1 heterocycles. The summed E-state index contributed by atoms with van der Waals surface area (Å²) in [6, 6.07) is 10.3. The lowest BCUT2D eigenvalue weighted by Crippen LogP contribution is -2.32. The summed E-state index contributed by atoms with van der Waals surface area (Å²) >= 11 is 11.8. The monoisotopic (exact) mass is 510 g/mol. The van der Waals surface area contributed by atoms with Gasteiger partial charge in [-0.05, 0) is 62.7 Å². The average Bonchev–Trinajstić information content (AvgIpc) is 3.03. The van der Waals surface area contributed by atoms with E-state index < -0.39 is 28.6 Å². The number of aromatic nitrogens is 1. The second-order valence-electron chi connectivity index (χ2n) is 7.44. The summed E-state index contributed by atoms with van der Waals surface area (Å²) in [5, 5.41) is 5.98. The zero-order valence-corrected chi connectivity index (χ0v) is 19.7. The number of nitrogens with one attached hydrogen (secondary N) is 2. The highest BCUT2D eigenvalue weighted by Gasteiger charge is 2.33. The molecule has 2 N–H and O–H groups in total.